The van der Waals surface area contributed by atoms with Crippen molar-refractivity contribution in [3.63, 3.8) is 0 Å². The molecule has 0 aromatic heterocycles. The molecular weight excluding hydrogens is 390 g/mol. The van der Waals surface area contributed by atoms with E-state index in [2.05, 4.69) is 62.9 Å². The summed E-state index contributed by atoms with van der Waals surface area (Å²) < 4.78 is 0. The molecule has 0 spiro atoms. The van der Waals surface area contributed by atoms with Crippen LogP contribution in [0.2, 0.25) is 0 Å². The fraction of sp³-hybridized carbons (Fsp3) is 0.793. The van der Waals surface area contributed by atoms with Crippen LogP contribution in [-0.4, -0.2) is 35.1 Å². The first-order valence-electron chi connectivity index (χ1n) is 13.8. The van der Waals surface area contributed by atoms with Crippen molar-refractivity contribution in [2.45, 2.75) is 128 Å². The second-order valence-corrected chi connectivity index (χ2v) is 10.6. The van der Waals surface area contributed by atoms with Crippen LogP contribution in [-0.2, 0) is 6.42 Å². The Morgan fingerprint density at radius 1 is 0.969 bits per heavy atom. The zero-order valence-corrected chi connectivity index (χ0v) is 21.7. The molecule has 184 valence electrons. The van der Waals surface area contributed by atoms with Crippen molar-refractivity contribution >= 4 is 0 Å². The van der Waals surface area contributed by atoms with E-state index in [4.69, 9.17) is 11.5 Å². The highest BCUT2D eigenvalue weighted by Gasteiger charge is 2.57. The van der Waals surface area contributed by atoms with E-state index >= 15 is 0 Å². The molecule has 1 aromatic rings. The lowest BCUT2D eigenvalue weighted by Gasteiger charge is -2.61. The van der Waals surface area contributed by atoms with Gasteiger partial charge in [0.2, 0.25) is 0 Å². The van der Waals surface area contributed by atoms with E-state index in [1.54, 1.807) is 0 Å². The average Bonchev–Trinajstić information content (AvgIpc) is 2.79. The van der Waals surface area contributed by atoms with Gasteiger partial charge in [-0.25, -0.2) is 0 Å². The normalized spacial score (nSPS) is 27.0. The van der Waals surface area contributed by atoms with Gasteiger partial charge in [-0.3, -0.25) is 4.90 Å². The second-order valence-electron chi connectivity index (χ2n) is 10.6. The van der Waals surface area contributed by atoms with Crippen LogP contribution in [0.4, 0.5) is 0 Å². The molecule has 4 unspecified atom stereocenters. The highest BCUT2D eigenvalue weighted by Crippen LogP contribution is 2.47. The van der Waals surface area contributed by atoms with Crippen molar-refractivity contribution in [1.82, 2.24) is 4.90 Å². The molecule has 0 amide bonds. The monoisotopic (exact) mass is 443 g/mol. The van der Waals surface area contributed by atoms with Gasteiger partial charge in [-0.2, -0.15) is 0 Å². The van der Waals surface area contributed by atoms with Crippen LogP contribution in [0.25, 0.3) is 0 Å². The largest absolute Gasteiger partial charge is 0.326 e. The van der Waals surface area contributed by atoms with E-state index in [1.165, 1.54) is 56.9 Å². The van der Waals surface area contributed by atoms with Crippen LogP contribution >= 0.6 is 0 Å². The number of nitrogens with zero attached hydrogens (tertiary/aromatic N) is 1. The smallest absolute Gasteiger partial charge is 0.0545 e. The number of benzene rings is 1. The summed E-state index contributed by atoms with van der Waals surface area (Å²) in [5.41, 5.74) is 15.8. The molecule has 0 saturated heterocycles. The minimum atomic E-state index is -0.285. The van der Waals surface area contributed by atoms with Gasteiger partial charge < -0.3 is 11.5 Å². The molecule has 1 saturated carbocycles. The highest BCUT2D eigenvalue weighted by atomic mass is 15.3. The summed E-state index contributed by atoms with van der Waals surface area (Å²) in [6.07, 6.45) is 15.4. The zero-order chi connectivity index (χ0) is 23.5. The molecule has 1 aliphatic rings. The van der Waals surface area contributed by atoms with Crippen LogP contribution in [0.1, 0.15) is 110 Å². The number of nitrogens with two attached hydrogens (primary N) is 2. The number of hydrogen-bond donors (Lipinski definition) is 2. The Morgan fingerprint density at radius 3 is 2.16 bits per heavy atom. The Kier molecular flexibility index (Phi) is 11.7. The molecule has 2 rings (SSSR count). The molecule has 0 aliphatic heterocycles. The topological polar surface area (TPSA) is 55.3 Å². The summed E-state index contributed by atoms with van der Waals surface area (Å²) >= 11 is 0. The van der Waals surface area contributed by atoms with Gasteiger partial charge in [-0.1, -0.05) is 96.6 Å². The van der Waals surface area contributed by atoms with E-state index in [0.717, 1.165) is 45.2 Å². The van der Waals surface area contributed by atoms with Crippen LogP contribution in [0, 0.1) is 5.92 Å². The molecule has 0 heterocycles. The molecule has 1 aromatic carbocycles. The van der Waals surface area contributed by atoms with E-state index in [0.29, 0.717) is 5.92 Å². The van der Waals surface area contributed by atoms with Crippen LogP contribution < -0.4 is 11.5 Å². The Balaban J connectivity index is 2.54. The van der Waals surface area contributed by atoms with Crippen LogP contribution in [0.3, 0.4) is 0 Å². The standard InChI is InChI=1S/C29H53N3/c1-5-9-16-25(8-4)24-29(32(21-10-6-2)22-11-7-3)27(30)19-15-20-28(29,31)23-26-17-13-12-14-18-26/h12-14,17-18,25,27H,5-11,15-16,19-24,30-31H2,1-4H3. The molecular formula is C29H53N3. The van der Waals surface area contributed by atoms with E-state index in [1.807, 2.05) is 0 Å². The molecule has 4 N–H and O–H groups in total. The molecule has 32 heavy (non-hydrogen) atoms. The Hall–Kier alpha value is -0.900. The summed E-state index contributed by atoms with van der Waals surface area (Å²) in [5, 5.41) is 0. The molecule has 4 atom stereocenters. The van der Waals surface area contributed by atoms with E-state index in [9.17, 15) is 0 Å². The third kappa shape index (κ3) is 6.58. The number of unbranched alkanes of at least 4 members (excludes halogenated alkanes) is 3. The number of hydrogen-bond acceptors (Lipinski definition) is 3. The van der Waals surface area contributed by atoms with Gasteiger partial charge in [0.15, 0.2) is 0 Å². The summed E-state index contributed by atoms with van der Waals surface area (Å²) in [6.45, 7) is 11.6. The van der Waals surface area contributed by atoms with Gasteiger partial charge in [0.1, 0.15) is 0 Å². The van der Waals surface area contributed by atoms with Gasteiger partial charge in [0.25, 0.3) is 0 Å². The lowest BCUT2D eigenvalue weighted by Crippen LogP contribution is -2.78. The first-order valence-corrected chi connectivity index (χ1v) is 13.8. The molecule has 3 nitrogen and oxygen atoms in total. The highest BCUT2D eigenvalue weighted by molar-refractivity contribution is 5.25. The first-order chi connectivity index (χ1) is 15.5. The Labute approximate surface area is 199 Å². The average molecular weight is 444 g/mol. The summed E-state index contributed by atoms with van der Waals surface area (Å²) in [5.74, 6) is 0.698. The first kappa shape index (κ1) is 27.3. The predicted molar refractivity (Wildman–Crippen MR) is 141 cm³/mol. The van der Waals surface area contributed by atoms with E-state index < -0.39 is 0 Å². The van der Waals surface area contributed by atoms with Gasteiger partial charge in [-0.05, 0) is 69.5 Å². The third-order valence-corrected chi connectivity index (χ3v) is 8.25. The minimum absolute atomic E-state index is 0.125. The van der Waals surface area contributed by atoms with Crippen LogP contribution in [0.15, 0.2) is 30.3 Å². The van der Waals surface area contributed by atoms with Gasteiger partial charge >= 0.3 is 0 Å². The fourth-order valence-electron chi connectivity index (χ4n) is 6.29. The SMILES string of the molecule is CCCCC(CC)CC1(N(CCCC)CCCC)C(N)CCCC1(N)Cc1ccccc1. The van der Waals surface area contributed by atoms with E-state index in [-0.39, 0.29) is 17.1 Å². The molecule has 3 heteroatoms. The fourth-order valence-corrected chi connectivity index (χ4v) is 6.29. The maximum absolute atomic E-state index is 7.62. The third-order valence-electron chi connectivity index (χ3n) is 8.25. The van der Waals surface area contributed by atoms with Gasteiger partial charge in [0.05, 0.1) is 5.54 Å². The van der Waals surface area contributed by atoms with Crippen molar-refractivity contribution in [1.29, 1.82) is 0 Å². The van der Waals surface area contributed by atoms with Crippen molar-refractivity contribution in [3.8, 4) is 0 Å². The lowest BCUT2D eigenvalue weighted by atomic mass is 9.58. The molecule has 1 aliphatic carbocycles. The van der Waals surface area contributed by atoms with Gasteiger partial charge in [0, 0.05) is 11.6 Å². The molecule has 0 bridgehead atoms. The zero-order valence-electron chi connectivity index (χ0n) is 21.7. The Bertz CT molecular complexity index is 610. The predicted octanol–water partition coefficient (Wildman–Crippen LogP) is 6.69. The van der Waals surface area contributed by atoms with Crippen molar-refractivity contribution in [2.24, 2.45) is 17.4 Å². The minimum Gasteiger partial charge on any atom is -0.326 e. The maximum atomic E-state index is 7.62. The molecule has 0 radical (unpaired) electrons. The number of rotatable bonds is 15. The summed E-state index contributed by atoms with van der Waals surface area (Å²) in [4.78, 5) is 2.81. The van der Waals surface area contributed by atoms with Crippen molar-refractivity contribution in [3.05, 3.63) is 35.9 Å². The van der Waals surface area contributed by atoms with Crippen molar-refractivity contribution in [2.75, 3.05) is 13.1 Å². The van der Waals surface area contributed by atoms with Crippen molar-refractivity contribution < 1.29 is 0 Å². The lowest BCUT2D eigenvalue weighted by molar-refractivity contribution is -0.0542. The quantitative estimate of drug-likeness (QED) is 0.318. The van der Waals surface area contributed by atoms with Crippen LogP contribution in [0.5, 0.6) is 0 Å². The maximum Gasteiger partial charge on any atom is 0.0545 e. The second kappa shape index (κ2) is 13.7. The summed E-state index contributed by atoms with van der Waals surface area (Å²) in [7, 11) is 0. The van der Waals surface area contributed by atoms with Gasteiger partial charge in [-0.15, -0.1) is 0 Å². The summed E-state index contributed by atoms with van der Waals surface area (Å²) in [6, 6.07) is 11.1. The Morgan fingerprint density at radius 2 is 1.59 bits per heavy atom. The molecule has 1 fully saturated rings.